The molecule has 0 bridgehead atoms. The Labute approximate surface area is 122 Å². The van der Waals surface area contributed by atoms with Gasteiger partial charge >= 0.3 is 12.0 Å². The molecule has 21 heavy (non-hydrogen) atoms. The quantitative estimate of drug-likeness (QED) is 0.798. The minimum Gasteiger partial charge on any atom is -0.481 e. The Balaban J connectivity index is 1.91. The van der Waals surface area contributed by atoms with Crippen LogP contribution in [0.5, 0.6) is 0 Å². The highest BCUT2D eigenvalue weighted by molar-refractivity contribution is 5.77. The van der Waals surface area contributed by atoms with E-state index in [9.17, 15) is 14.0 Å². The number of halogens is 1. The Hall–Kier alpha value is -2.11. The van der Waals surface area contributed by atoms with Gasteiger partial charge in [0.05, 0.1) is 12.0 Å². The van der Waals surface area contributed by atoms with E-state index in [2.05, 4.69) is 10.6 Å². The van der Waals surface area contributed by atoms with Crippen LogP contribution in [-0.2, 0) is 4.79 Å². The lowest BCUT2D eigenvalue weighted by Gasteiger charge is -2.20. The standard InChI is InChI=1S/C15H19FN2O3/c1-9(10-4-2-5-11(16)8-10)17-15(21)18-13-7-3-6-12(13)14(19)20/h2,4-5,8-9,12-13H,3,6-7H2,1H3,(H,19,20)(H2,17,18,21). The number of carbonyl (C=O) groups is 2. The van der Waals surface area contributed by atoms with Crippen molar-refractivity contribution in [3.05, 3.63) is 35.6 Å². The van der Waals surface area contributed by atoms with Crippen molar-refractivity contribution in [1.29, 1.82) is 0 Å². The third-order valence-corrected chi connectivity index (χ3v) is 3.85. The van der Waals surface area contributed by atoms with Crippen molar-refractivity contribution < 1.29 is 19.1 Å². The predicted molar refractivity (Wildman–Crippen MR) is 75.2 cm³/mol. The summed E-state index contributed by atoms with van der Waals surface area (Å²) in [6, 6.07) is 4.88. The lowest BCUT2D eigenvalue weighted by Crippen LogP contribution is -2.46. The Morgan fingerprint density at radius 3 is 2.81 bits per heavy atom. The normalized spacial score (nSPS) is 22.6. The van der Waals surface area contributed by atoms with Gasteiger partial charge < -0.3 is 15.7 Å². The summed E-state index contributed by atoms with van der Waals surface area (Å²) in [6.45, 7) is 1.75. The van der Waals surface area contributed by atoms with Crippen LogP contribution < -0.4 is 10.6 Å². The van der Waals surface area contributed by atoms with E-state index in [1.165, 1.54) is 12.1 Å². The van der Waals surface area contributed by atoms with Crippen LogP contribution in [0.4, 0.5) is 9.18 Å². The van der Waals surface area contributed by atoms with Crippen molar-refractivity contribution in [2.45, 2.75) is 38.3 Å². The van der Waals surface area contributed by atoms with Crippen molar-refractivity contribution in [3.63, 3.8) is 0 Å². The van der Waals surface area contributed by atoms with Crippen LogP contribution in [0.2, 0.25) is 0 Å². The Morgan fingerprint density at radius 2 is 2.14 bits per heavy atom. The number of amides is 2. The SMILES string of the molecule is CC(NC(=O)NC1CCCC1C(=O)O)c1cccc(F)c1. The molecule has 2 amide bonds. The first-order valence-corrected chi connectivity index (χ1v) is 7.02. The summed E-state index contributed by atoms with van der Waals surface area (Å²) >= 11 is 0. The van der Waals surface area contributed by atoms with Gasteiger partial charge in [0.1, 0.15) is 5.82 Å². The van der Waals surface area contributed by atoms with Gasteiger partial charge in [0.25, 0.3) is 0 Å². The molecule has 1 aliphatic carbocycles. The van der Waals surface area contributed by atoms with Gasteiger partial charge in [-0.15, -0.1) is 0 Å². The van der Waals surface area contributed by atoms with E-state index in [1.807, 2.05) is 0 Å². The first-order valence-electron chi connectivity index (χ1n) is 7.02. The minimum atomic E-state index is -0.879. The van der Waals surface area contributed by atoms with E-state index in [4.69, 9.17) is 5.11 Å². The Bertz CT molecular complexity index is 535. The highest BCUT2D eigenvalue weighted by atomic mass is 19.1. The number of benzene rings is 1. The number of hydrogen-bond acceptors (Lipinski definition) is 2. The zero-order chi connectivity index (χ0) is 15.4. The number of carboxylic acid groups (broad SMARTS) is 1. The molecule has 3 unspecified atom stereocenters. The second-order valence-electron chi connectivity index (χ2n) is 5.38. The molecular formula is C15H19FN2O3. The van der Waals surface area contributed by atoms with Gasteiger partial charge in [-0.3, -0.25) is 4.79 Å². The summed E-state index contributed by atoms with van der Waals surface area (Å²) in [5.41, 5.74) is 0.659. The molecule has 1 aromatic rings. The van der Waals surface area contributed by atoms with Crippen molar-refractivity contribution >= 4 is 12.0 Å². The second-order valence-corrected chi connectivity index (χ2v) is 5.38. The van der Waals surface area contributed by atoms with Crippen LogP contribution in [0, 0.1) is 11.7 Å². The van der Waals surface area contributed by atoms with Crippen LogP contribution in [0.3, 0.4) is 0 Å². The number of aliphatic carboxylic acids is 1. The van der Waals surface area contributed by atoms with Crippen LogP contribution >= 0.6 is 0 Å². The van der Waals surface area contributed by atoms with Crippen LogP contribution in [0.15, 0.2) is 24.3 Å². The molecule has 0 aromatic heterocycles. The summed E-state index contributed by atoms with van der Waals surface area (Å²) in [4.78, 5) is 23.0. The van der Waals surface area contributed by atoms with E-state index in [-0.39, 0.29) is 17.9 Å². The monoisotopic (exact) mass is 294 g/mol. The number of carboxylic acids is 1. The fraction of sp³-hybridized carbons (Fsp3) is 0.467. The molecule has 1 aliphatic rings. The van der Waals surface area contributed by atoms with Gasteiger partial charge in [-0.25, -0.2) is 9.18 Å². The maximum absolute atomic E-state index is 13.1. The average Bonchev–Trinajstić information content (AvgIpc) is 2.86. The van der Waals surface area contributed by atoms with Gasteiger partial charge in [0, 0.05) is 6.04 Å². The predicted octanol–water partition coefficient (Wildman–Crippen LogP) is 2.44. The van der Waals surface area contributed by atoms with Crippen LogP contribution in [0.1, 0.15) is 37.8 Å². The van der Waals surface area contributed by atoms with Crippen molar-refractivity contribution in [3.8, 4) is 0 Å². The van der Waals surface area contributed by atoms with Gasteiger partial charge in [-0.1, -0.05) is 18.6 Å². The fourth-order valence-corrected chi connectivity index (χ4v) is 2.69. The van der Waals surface area contributed by atoms with E-state index >= 15 is 0 Å². The smallest absolute Gasteiger partial charge is 0.315 e. The summed E-state index contributed by atoms with van der Waals surface area (Å²) in [5.74, 6) is -1.76. The zero-order valence-corrected chi connectivity index (χ0v) is 11.8. The fourth-order valence-electron chi connectivity index (χ4n) is 2.69. The molecule has 0 heterocycles. The zero-order valence-electron chi connectivity index (χ0n) is 11.8. The number of urea groups is 1. The second kappa shape index (κ2) is 6.56. The molecule has 3 N–H and O–H groups in total. The molecule has 3 atom stereocenters. The van der Waals surface area contributed by atoms with Gasteiger partial charge in [-0.05, 0) is 37.5 Å². The maximum Gasteiger partial charge on any atom is 0.315 e. The van der Waals surface area contributed by atoms with Crippen molar-refractivity contribution in [2.24, 2.45) is 5.92 Å². The lowest BCUT2D eigenvalue weighted by molar-refractivity contribution is -0.142. The van der Waals surface area contributed by atoms with Crippen molar-refractivity contribution in [1.82, 2.24) is 10.6 Å². The third-order valence-electron chi connectivity index (χ3n) is 3.85. The van der Waals surface area contributed by atoms with Crippen LogP contribution in [0.25, 0.3) is 0 Å². The van der Waals surface area contributed by atoms with Gasteiger partial charge in [-0.2, -0.15) is 0 Å². The third kappa shape index (κ3) is 3.93. The first kappa shape index (κ1) is 15.3. The summed E-state index contributed by atoms with van der Waals surface area (Å²) < 4.78 is 13.1. The molecule has 2 rings (SSSR count). The average molecular weight is 294 g/mol. The molecule has 0 saturated heterocycles. The molecule has 1 aromatic carbocycles. The summed E-state index contributed by atoms with van der Waals surface area (Å²) in [5, 5.41) is 14.5. The number of rotatable bonds is 4. The minimum absolute atomic E-state index is 0.345. The van der Waals surface area contributed by atoms with E-state index in [1.54, 1.807) is 19.1 Å². The molecule has 6 heteroatoms. The molecular weight excluding hydrogens is 275 g/mol. The van der Waals surface area contributed by atoms with Gasteiger partial charge in [0.15, 0.2) is 0 Å². The Morgan fingerprint density at radius 1 is 1.38 bits per heavy atom. The summed E-state index contributed by atoms with van der Waals surface area (Å²) in [6.07, 6.45) is 2.04. The van der Waals surface area contributed by atoms with E-state index < -0.39 is 17.9 Å². The van der Waals surface area contributed by atoms with Crippen LogP contribution in [-0.4, -0.2) is 23.1 Å². The molecule has 0 radical (unpaired) electrons. The lowest BCUT2D eigenvalue weighted by atomic mass is 10.0. The van der Waals surface area contributed by atoms with E-state index in [0.29, 0.717) is 18.4 Å². The van der Waals surface area contributed by atoms with E-state index in [0.717, 1.165) is 6.42 Å². The number of carbonyl (C=O) groups excluding carboxylic acids is 1. The largest absolute Gasteiger partial charge is 0.481 e. The summed E-state index contributed by atoms with van der Waals surface area (Å²) in [7, 11) is 0. The topological polar surface area (TPSA) is 78.4 Å². The number of nitrogens with one attached hydrogen (secondary N) is 2. The Kier molecular flexibility index (Phi) is 4.77. The molecule has 0 aliphatic heterocycles. The van der Waals surface area contributed by atoms with Gasteiger partial charge in [0.2, 0.25) is 0 Å². The molecule has 114 valence electrons. The highest BCUT2D eigenvalue weighted by Crippen LogP contribution is 2.25. The molecule has 0 spiro atoms. The molecule has 1 fully saturated rings. The number of hydrogen-bond donors (Lipinski definition) is 3. The first-order chi connectivity index (χ1) is 9.97. The molecule has 5 nitrogen and oxygen atoms in total. The van der Waals surface area contributed by atoms with Crippen molar-refractivity contribution in [2.75, 3.05) is 0 Å². The molecule has 1 saturated carbocycles. The highest BCUT2D eigenvalue weighted by Gasteiger charge is 2.34. The maximum atomic E-state index is 13.1.